The third kappa shape index (κ3) is 4.96. The lowest BCUT2D eigenvalue weighted by molar-refractivity contribution is -0.119. The van der Waals surface area contributed by atoms with Crippen molar-refractivity contribution in [3.63, 3.8) is 0 Å². The minimum absolute atomic E-state index is 0.0183. The minimum Gasteiger partial charge on any atom is -0.489 e. The Bertz CT molecular complexity index is 393. The van der Waals surface area contributed by atoms with Gasteiger partial charge in [0, 0.05) is 0 Å². The molecule has 0 saturated carbocycles. The minimum atomic E-state index is -0.178. The molecule has 1 aromatic rings. The number of hydrogen-bond donors (Lipinski definition) is 1. The van der Waals surface area contributed by atoms with Gasteiger partial charge in [-0.15, -0.1) is 11.6 Å². The van der Waals surface area contributed by atoms with Crippen molar-refractivity contribution in [3.05, 3.63) is 29.8 Å². The van der Waals surface area contributed by atoms with Gasteiger partial charge in [0.2, 0.25) is 5.91 Å². The molecule has 1 aromatic carbocycles. The molecule has 0 bridgehead atoms. The molecule has 4 heteroatoms. The van der Waals surface area contributed by atoms with Gasteiger partial charge in [0.05, 0.1) is 6.54 Å². The summed E-state index contributed by atoms with van der Waals surface area (Å²) in [6.45, 7) is 6.65. The Morgan fingerprint density at radius 2 is 2.11 bits per heavy atom. The highest BCUT2D eigenvalue weighted by atomic mass is 35.5. The van der Waals surface area contributed by atoms with Crippen LogP contribution in [0.2, 0.25) is 0 Å². The lowest BCUT2D eigenvalue weighted by Gasteiger charge is -2.16. The standard InChI is InChI=1S/C14H20ClNO2/c1-10(2)12-5-4-6-13(7-12)18-11(3)9-16-14(17)8-15/h4-7,10-11H,8-9H2,1-3H3,(H,16,17). The van der Waals surface area contributed by atoms with Crippen molar-refractivity contribution in [2.45, 2.75) is 32.8 Å². The molecular weight excluding hydrogens is 250 g/mol. The number of halogens is 1. The van der Waals surface area contributed by atoms with Crippen LogP contribution in [0.5, 0.6) is 5.75 Å². The number of carbonyl (C=O) groups is 1. The van der Waals surface area contributed by atoms with Gasteiger partial charge in [-0.3, -0.25) is 4.79 Å². The summed E-state index contributed by atoms with van der Waals surface area (Å²) >= 11 is 5.40. The van der Waals surface area contributed by atoms with E-state index in [1.54, 1.807) is 0 Å². The Labute approximate surface area is 113 Å². The number of rotatable bonds is 6. The van der Waals surface area contributed by atoms with Gasteiger partial charge < -0.3 is 10.1 Å². The van der Waals surface area contributed by atoms with Crippen molar-refractivity contribution < 1.29 is 9.53 Å². The van der Waals surface area contributed by atoms with E-state index >= 15 is 0 Å². The number of carbonyl (C=O) groups excluding carboxylic acids is 1. The van der Waals surface area contributed by atoms with E-state index < -0.39 is 0 Å². The van der Waals surface area contributed by atoms with Crippen LogP contribution in [0.4, 0.5) is 0 Å². The number of benzene rings is 1. The topological polar surface area (TPSA) is 38.3 Å². The molecule has 100 valence electrons. The fraction of sp³-hybridized carbons (Fsp3) is 0.500. The molecule has 18 heavy (non-hydrogen) atoms. The highest BCUT2D eigenvalue weighted by Crippen LogP contribution is 2.20. The Morgan fingerprint density at radius 1 is 1.39 bits per heavy atom. The van der Waals surface area contributed by atoms with Gasteiger partial charge in [0.1, 0.15) is 17.7 Å². The number of hydrogen-bond acceptors (Lipinski definition) is 2. The maximum Gasteiger partial charge on any atom is 0.235 e. The van der Waals surface area contributed by atoms with Crippen molar-refractivity contribution in [2.75, 3.05) is 12.4 Å². The zero-order valence-corrected chi connectivity index (χ0v) is 11.8. The molecule has 0 aliphatic rings. The van der Waals surface area contributed by atoms with E-state index in [9.17, 15) is 4.79 Å². The van der Waals surface area contributed by atoms with Crippen molar-refractivity contribution in [3.8, 4) is 5.75 Å². The van der Waals surface area contributed by atoms with Crippen molar-refractivity contribution >= 4 is 17.5 Å². The zero-order chi connectivity index (χ0) is 13.5. The molecule has 1 unspecified atom stereocenters. The summed E-state index contributed by atoms with van der Waals surface area (Å²) in [5, 5.41) is 2.69. The van der Waals surface area contributed by atoms with Gasteiger partial charge in [-0.25, -0.2) is 0 Å². The molecule has 0 heterocycles. The van der Waals surface area contributed by atoms with E-state index in [0.29, 0.717) is 12.5 Å². The third-order valence-corrected chi connectivity index (χ3v) is 2.81. The Hall–Kier alpha value is -1.22. The number of nitrogens with one attached hydrogen (secondary N) is 1. The Balaban J connectivity index is 2.51. The summed E-state index contributed by atoms with van der Waals surface area (Å²) in [6, 6.07) is 8.02. The van der Waals surface area contributed by atoms with Crippen molar-refractivity contribution in [1.82, 2.24) is 5.32 Å². The highest BCUT2D eigenvalue weighted by Gasteiger charge is 2.07. The first-order valence-corrected chi connectivity index (χ1v) is 6.65. The molecule has 0 aliphatic heterocycles. The van der Waals surface area contributed by atoms with Crippen LogP contribution in [0.25, 0.3) is 0 Å². The number of amides is 1. The van der Waals surface area contributed by atoms with Crippen LogP contribution in [-0.4, -0.2) is 24.4 Å². The molecule has 0 aliphatic carbocycles. The molecule has 1 atom stereocenters. The summed E-state index contributed by atoms with van der Waals surface area (Å²) in [7, 11) is 0. The van der Waals surface area contributed by atoms with Crippen LogP contribution in [0.3, 0.4) is 0 Å². The van der Waals surface area contributed by atoms with Crippen LogP contribution < -0.4 is 10.1 Å². The first-order chi connectivity index (χ1) is 8.52. The first-order valence-electron chi connectivity index (χ1n) is 6.12. The maximum atomic E-state index is 11.0. The van der Waals surface area contributed by atoms with E-state index in [1.807, 2.05) is 25.1 Å². The molecule has 0 spiro atoms. The molecule has 1 rings (SSSR count). The van der Waals surface area contributed by atoms with Crippen LogP contribution >= 0.6 is 11.6 Å². The Kier molecular flexibility index (Phi) is 5.99. The summed E-state index contributed by atoms with van der Waals surface area (Å²) < 4.78 is 5.74. The number of alkyl halides is 1. The second-order valence-corrected chi connectivity index (χ2v) is 4.86. The summed E-state index contributed by atoms with van der Waals surface area (Å²) in [4.78, 5) is 11.0. The van der Waals surface area contributed by atoms with Gasteiger partial charge in [-0.05, 0) is 30.5 Å². The molecule has 3 nitrogen and oxygen atoms in total. The summed E-state index contributed by atoms with van der Waals surface area (Å²) in [5.74, 6) is 1.10. The molecule has 0 radical (unpaired) electrons. The normalized spacial score (nSPS) is 12.3. The fourth-order valence-corrected chi connectivity index (χ4v) is 1.62. The second-order valence-electron chi connectivity index (χ2n) is 4.59. The van der Waals surface area contributed by atoms with Crippen molar-refractivity contribution in [1.29, 1.82) is 0 Å². The average molecular weight is 270 g/mol. The smallest absolute Gasteiger partial charge is 0.235 e. The maximum absolute atomic E-state index is 11.0. The van der Waals surface area contributed by atoms with E-state index in [2.05, 4.69) is 25.2 Å². The van der Waals surface area contributed by atoms with Gasteiger partial charge in [0.25, 0.3) is 0 Å². The van der Waals surface area contributed by atoms with E-state index in [1.165, 1.54) is 5.56 Å². The molecular formula is C14H20ClNO2. The predicted octanol–water partition coefficient (Wildman–Crippen LogP) is 2.93. The fourth-order valence-electron chi connectivity index (χ4n) is 1.53. The predicted molar refractivity (Wildman–Crippen MR) is 74.4 cm³/mol. The van der Waals surface area contributed by atoms with Gasteiger partial charge in [0.15, 0.2) is 0 Å². The quantitative estimate of drug-likeness (QED) is 0.807. The largest absolute Gasteiger partial charge is 0.489 e. The van der Waals surface area contributed by atoms with Gasteiger partial charge in [-0.1, -0.05) is 26.0 Å². The van der Waals surface area contributed by atoms with E-state index in [4.69, 9.17) is 16.3 Å². The molecule has 1 N–H and O–H groups in total. The van der Waals surface area contributed by atoms with Crippen LogP contribution in [-0.2, 0) is 4.79 Å². The van der Waals surface area contributed by atoms with E-state index in [-0.39, 0.29) is 17.9 Å². The summed E-state index contributed by atoms with van der Waals surface area (Å²) in [5.41, 5.74) is 1.24. The highest BCUT2D eigenvalue weighted by molar-refractivity contribution is 6.27. The van der Waals surface area contributed by atoms with E-state index in [0.717, 1.165) is 5.75 Å². The Morgan fingerprint density at radius 3 is 2.72 bits per heavy atom. The second kappa shape index (κ2) is 7.27. The molecule has 0 saturated heterocycles. The number of ether oxygens (including phenoxy) is 1. The van der Waals surface area contributed by atoms with Crippen LogP contribution in [0, 0.1) is 0 Å². The van der Waals surface area contributed by atoms with Gasteiger partial charge >= 0.3 is 0 Å². The lowest BCUT2D eigenvalue weighted by Crippen LogP contribution is -2.34. The SMILES string of the molecule is CC(CNC(=O)CCl)Oc1cccc(C(C)C)c1. The molecule has 0 aromatic heterocycles. The molecule has 0 fully saturated rings. The summed E-state index contributed by atoms with van der Waals surface area (Å²) in [6.07, 6.45) is -0.0837. The molecule has 1 amide bonds. The average Bonchev–Trinajstić information content (AvgIpc) is 2.36. The first kappa shape index (κ1) is 14.8. The lowest BCUT2D eigenvalue weighted by atomic mass is 10.0. The monoisotopic (exact) mass is 269 g/mol. The van der Waals surface area contributed by atoms with Crippen molar-refractivity contribution in [2.24, 2.45) is 0 Å². The van der Waals surface area contributed by atoms with Gasteiger partial charge in [-0.2, -0.15) is 0 Å². The van der Waals surface area contributed by atoms with Crippen LogP contribution in [0.1, 0.15) is 32.3 Å². The van der Waals surface area contributed by atoms with Crippen LogP contribution in [0.15, 0.2) is 24.3 Å². The third-order valence-electron chi connectivity index (χ3n) is 2.57. The zero-order valence-electron chi connectivity index (χ0n) is 11.1.